The Morgan fingerprint density at radius 2 is 2.11 bits per heavy atom. The van der Waals surface area contributed by atoms with Crippen molar-refractivity contribution in [3.63, 3.8) is 0 Å². The summed E-state index contributed by atoms with van der Waals surface area (Å²) in [6, 6.07) is 0. The molecule has 0 radical (unpaired) electrons. The van der Waals surface area contributed by atoms with Gasteiger partial charge in [0, 0.05) is 37.4 Å². The van der Waals surface area contributed by atoms with Crippen LogP contribution >= 0.6 is 0 Å². The third-order valence-corrected chi connectivity index (χ3v) is 4.65. The van der Waals surface area contributed by atoms with Crippen LogP contribution in [0.3, 0.4) is 0 Å². The SMILES string of the molecule is Cn1cc(CN2CCCNC3(CCCCC3)C2)cn1. The average Bonchev–Trinajstić information content (AvgIpc) is 2.71. The van der Waals surface area contributed by atoms with Crippen molar-refractivity contribution in [2.75, 3.05) is 19.6 Å². The van der Waals surface area contributed by atoms with Gasteiger partial charge < -0.3 is 5.32 Å². The minimum Gasteiger partial charge on any atom is -0.310 e. The molecule has 1 saturated heterocycles. The molecular formula is C15H26N4. The van der Waals surface area contributed by atoms with E-state index in [4.69, 9.17) is 0 Å². The van der Waals surface area contributed by atoms with Gasteiger partial charge in [0.15, 0.2) is 0 Å². The second-order valence-electron chi connectivity index (χ2n) is 6.35. The van der Waals surface area contributed by atoms with Crippen LogP contribution in [0.15, 0.2) is 12.4 Å². The van der Waals surface area contributed by atoms with Crippen molar-refractivity contribution in [1.29, 1.82) is 0 Å². The van der Waals surface area contributed by atoms with E-state index in [1.165, 1.54) is 63.7 Å². The van der Waals surface area contributed by atoms with Crippen molar-refractivity contribution in [2.24, 2.45) is 7.05 Å². The summed E-state index contributed by atoms with van der Waals surface area (Å²) in [4.78, 5) is 2.63. The first-order valence-electron chi connectivity index (χ1n) is 7.71. The number of hydrogen-bond donors (Lipinski definition) is 1. The van der Waals surface area contributed by atoms with E-state index in [-0.39, 0.29) is 0 Å². The molecule has 4 nitrogen and oxygen atoms in total. The zero-order valence-corrected chi connectivity index (χ0v) is 12.1. The largest absolute Gasteiger partial charge is 0.310 e. The predicted molar refractivity (Wildman–Crippen MR) is 76.9 cm³/mol. The van der Waals surface area contributed by atoms with Gasteiger partial charge >= 0.3 is 0 Å². The van der Waals surface area contributed by atoms with Crippen molar-refractivity contribution in [2.45, 2.75) is 50.6 Å². The molecule has 1 saturated carbocycles. The molecule has 1 aliphatic heterocycles. The molecule has 2 fully saturated rings. The van der Waals surface area contributed by atoms with Gasteiger partial charge in [-0.2, -0.15) is 5.10 Å². The second-order valence-corrected chi connectivity index (χ2v) is 6.35. The Morgan fingerprint density at radius 1 is 1.26 bits per heavy atom. The monoisotopic (exact) mass is 262 g/mol. The standard InChI is InChI=1S/C15H26N4/c1-18-11-14(10-17-18)12-19-9-5-8-16-15(13-19)6-3-2-4-7-15/h10-11,16H,2-9,12-13H2,1H3. The first kappa shape index (κ1) is 13.1. The molecule has 1 aliphatic carbocycles. The minimum atomic E-state index is 0.400. The summed E-state index contributed by atoms with van der Waals surface area (Å²) >= 11 is 0. The summed E-state index contributed by atoms with van der Waals surface area (Å²) in [7, 11) is 2.00. The van der Waals surface area contributed by atoms with Crippen LogP contribution in [0, 0.1) is 0 Å². The quantitative estimate of drug-likeness (QED) is 0.884. The van der Waals surface area contributed by atoms with E-state index in [0.29, 0.717) is 5.54 Å². The Balaban J connectivity index is 1.67. The molecule has 19 heavy (non-hydrogen) atoms. The number of nitrogens with zero attached hydrogens (tertiary/aromatic N) is 3. The van der Waals surface area contributed by atoms with Crippen molar-refractivity contribution in [3.8, 4) is 0 Å². The fourth-order valence-electron chi connectivity index (χ4n) is 3.73. The highest BCUT2D eigenvalue weighted by Crippen LogP contribution is 2.30. The first-order valence-corrected chi connectivity index (χ1v) is 7.71. The van der Waals surface area contributed by atoms with E-state index in [1.807, 2.05) is 17.9 Å². The van der Waals surface area contributed by atoms with Gasteiger partial charge in [0.05, 0.1) is 6.20 Å². The predicted octanol–water partition coefficient (Wildman–Crippen LogP) is 1.92. The molecule has 1 N–H and O–H groups in total. The third-order valence-electron chi connectivity index (χ3n) is 4.65. The lowest BCUT2D eigenvalue weighted by molar-refractivity contribution is 0.159. The smallest absolute Gasteiger partial charge is 0.0534 e. The maximum atomic E-state index is 4.28. The third kappa shape index (κ3) is 3.18. The van der Waals surface area contributed by atoms with Crippen LogP contribution in [0.25, 0.3) is 0 Å². The van der Waals surface area contributed by atoms with Gasteiger partial charge in [0.25, 0.3) is 0 Å². The van der Waals surface area contributed by atoms with Gasteiger partial charge in [-0.3, -0.25) is 9.58 Å². The number of rotatable bonds is 2. The van der Waals surface area contributed by atoms with Crippen LogP contribution in [0.4, 0.5) is 0 Å². The van der Waals surface area contributed by atoms with Crippen LogP contribution in [-0.2, 0) is 13.6 Å². The fourth-order valence-corrected chi connectivity index (χ4v) is 3.73. The minimum absolute atomic E-state index is 0.400. The summed E-state index contributed by atoms with van der Waals surface area (Å²) in [5.74, 6) is 0. The molecule has 0 bridgehead atoms. The molecule has 3 rings (SSSR count). The molecule has 0 unspecified atom stereocenters. The van der Waals surface area contributed by atoms with Crippen LogP contribution in [0.2, 0.25) is 0 Å². The number of hydrogen-bond acceptors (Lipinski definition) is 3. The molecule has 4 heteroatoms. The van der Waals surface area contributed by atoms with Gasteiger partial charge in [-0.1, -0.05) is 19.3 Å². The van der Waals surface area contributed by atoms with E-state index in [9.17, 15) is 0 Å². The molecular weight excluding hydrogens is 236 g/mol. The summed E-state index contributed by atoms with van der Waals surface area (Å²) in [5, 5.41) is 8.14. The maximum absolute atomic E-state index is 4.28. The van der Waals surface area contributed by atoms with Gasteiger partial charge in [0.1, 0.15) is 0 Å². The van der Waals surface area contributed by atoms with Crippen molar-refractivity contribution in [1.82, 2.24) is 20.0 Å². The first-order chi connectivity index (χ1) is 9.26. The highest BCUT2D eigenvalue weighted by Gasteiger charge is 2.34. The number of nitrogens with one attached hydrogen (secondary N) is 1. The van der Waals surface area contributed by atoms with E-state index in [2.05, 4.69) is 21.5 Å². The topological polar surface area (TPSA) is 33.1 Å². The van der Waals surface area contributed by atoms with Gasteiger partial charge in [-0.15, -0.1) is 0 Å². The van der Waals surface area contributed by atoms with Gasteiger partial charge in [0.2, 0.25) is 0 Å². The molecule has 106 valence electrons. The van der Waals surface area contributed by atoms with Crippen molar-refractivity contribution in [3.05, 3.63) is 18.0 Å². The van der Waals surface area contributed by atoms with E-state index in [0.717, 1.165) is 6.54 Å². The molecule has 1 aromatic rings. The molecule has 2 heterocycles. The van der Waals surface area contributed by atoms with Crippen LogP contribution in [0.1, 0.15) is 44.1 Å². The Labute approximate surface area is 116 Å². The second kappa shape index (κ2) is 5.63. The normalized spacial score (nSPS) is 24.5. The van der Waals surface area contributed by atoms with Crippen molar-refractivity contribution < 1.29 is 0 Å². The Hall–Kier alpha value is -0.870. The lowest BCUT2D eigenvalue weighted by Crippen LogP contribution is -2.52. The van der Waals surface area contributed by atoms with Gasteiger partial charge in [-0.05, 0) is 32.4 Å². The molecule has 1 spiro atoms. The van der Waals surface area contributed by atoms with E-state index >= 15 is 0 Å². The molecule has 2 aliphatic rings. The lowest BCUT2D eigenvalue weighted by Gasteiger charge is -2.40. The number of aromatic nitrogens is 2. The molecule has 0 aromatic carbocycles. The zero-order valence-electron chi connectivity index (χ0n) is 12.1. The summed E-state index contributed by atoms with van der Waals surface area (Å²) in [5.41, 5.74) is 1.74. The molecule has 0 amide bonds. The van der Waals surface area contributed by atoms with Gasteiger partial charge in [-0.25, -0.2) is 0 Å². The number of aryl methyl sites for hydroxylation is 1. The summed E-state index contributed by atoms with van der Waals surface area (Å²) < 4.78 is 1.90. The molecule has 1 aromatic heterocycles. The molecule has 0 atom stereocenters. The zero-order chi connectivity index (χ0) is 13.1. The van der Waals surface area contributed by atoms with Crippen LogP contribution in [-0.4, -0.2) is 39.9 Å². The highest BCUT2D eigenvalue weighted by atomic mass is 15.2. The Morgan fingerprint density at radius 3 is 2.84 bits per heavy atom. The Kier molecular flexibility index (Phi) is 3.89. The lowest BCUT2D eigenvalue weighted by atomic mass is 9.81. The van der Waals surface area contributed by atoms with Crippen molar-refractivity contribution >= 4 is 0 Å². The van der Waals surface area contributed by atoms with Crippen LogP contribution in [0.5, 0.6) is 0 Å². The highest BCUT2D eigenvalue weighted by molar-refractivity contribution is 5.05. The summed E-state index contributed by atoms with van der Waals surface area (Å²) in [6.45, 7) is 4.66. The van der Waals surface area contributed by atoms with Crippen LogP contribution < -0.4 is 5.32 Å². The van der Waals surface area contributed by atoms with E-state index < -0.39 is 0 Å². The average molecular weight is 262 g/mol. The maximum Gasteiger partial charge on any atom is 0.0534 e. The summed E-state index contributed by atoms with van der Waals surface area (Å²) in [6.07, 6.45) is 12.3. The Bertz CT molecular complexity index is 406. The van der Waals surface area contributed by atoms with E-state index in [1.54, 1.807) is 0 Å². The fraction of sp³-hybridized carbons (Fsp3) is 0.800.